The van der Waals surface area contributed by atoms with Crippen molar-refractivity contribution in [2.75, 3.05) is 12.4 Å². The van der Waals surface area contributed by atoms with Gasteiger partial charge in [0, 0.05) is 23.3 Å². The number of hydrogen-bond acceptors (Lipinski definition) is 6. The Morgan fingerprint density at radius 3 is 2.42 bits per heavy atom. The molecule has 0 aliphatic carbocycles. The van der Waals surface area contributed by atoms with E-state index < -0.39 is 10.8 Å². The molecule has 1 amide bonds. The third kappa shape index (κ3) is 4.31. The number of nitrogens with one attached hydrogen (secondary N) is 1. The molecule has 0 aliphatic heterocycles. The van der Waals surface area contributed by atoms with Crippen LogP contribution in [-0.4, -0.2) is 17.9 Å². The van der Waals surface area contributed by atoms with Crippen molar-refractivity contribution in [2.24, 2.45) is 0 Å². The maximum atomic E-state index is 12.7. The SMILES string of the molecule is COc1cc([N+](=O)[O-])ccc1NC(=O)c1ccc(-c2cc(=O)c3cc(C)cc(C)c3o2)cc1. The number of rotatable bonds is 5. The largest absolute Gasteiger partial charge is 0.494 e. The van der Waals surface area contributed by atoms with Crippen molar-refractivity contribution in [3.8, 4) is 17.1 Å². The molecular formula is C25H20N2O6. The number of nitro groups is 1. The van der Waals surface area contributed by atoms with Crippen LogP contribution in [0.5, 0.6) is 5.75 Å². The second-order valence-electron chi connectivity index (χ2n) is 7.61. The van der Waals surface area contributed by atoms with Gasteiger partial charge in [-0.15, -0.1) is 0 Å². The van der Waals surface area contributed by atoms with Crippen LogP contribution in [0.15, 0.2) is 69.9 Å². The summed E-state index contributed by atoms with van der Waals surface area (Å²) in [7, 11) is 1.36. The van der Waals surface area contributed by atoms with E-state index in [1.54, 1.807) is 30.3 Å². The third-order valence-corrected chi connectivity index (χ3v) is 5.23. The quantitative estimate of drug-likeness (QED) is 0.333. The summed E-state index contributed by atoms with van der Waals surface area (Å²) in [5, 5.41) is 14.2. The molecule has 0 saturated carbocycles. The lowest BCUT2D eigenvalue weighted by molar-refractivity contribution is -0.384. The lowest BCUT2D eigenvalue weighted by Crippen LogP contribution is -2.12. The summed E-state index contributed by atoms with van der Waals surface area (Å²) in [5.74, 6) is 0.168. The zero-order valence-corrected chi connectivity index (χ0v) is 18.2. The number of fused-ring (bicyclic) bond motifs is 1. The van der Waals surface area contributed by atoms with Crippen molar-refractivity contribution < 1.29 is 18.9 Å². The number of methoxy groups -OCH3 is 1. The zero-order chi connectivity index (χ0) is 23.7. The highest BCUT2D eigenvalue weighted by molar-refractivity contribution is 6.05. The molecule has 4 rings (SSSR count). The number of nitrogens with zero attached hydrogens (tertiary/aromatic N) is 1. The van der Waals surface area contributed by atoms with Gasteiger partial charge >= 0.3 is 0 Å². The first-order valence-electron chi connectivity index (χ1n) is 10.1. The number of anilines is 1. The van der Waals surface area contributed by atoms with Crippen LogP contribution < -0.4 is 15.5 Å². The molecule has 0 bridgehead atoms. The summed E-state index contributed by atoms with van der Waals surface area (Å²) in [6.45, 7) is 3.82. The Kier molecular flexibility index (Phi) is 5.66. The minimum absolute atomic E-state index is 0.134. The van der Waals surface area contributed by atoms with Gasteiger partial charge in [0.05, 0.1) is 29.2 Å². The molecule has 1 aromatic heterocycles. The van der Waals surface area contributed by atoms with Crippen LogP contribution in [-0.2, 0) is 0 Å². The molecule has 0 saturated heterocycles. The van der Waals surface area contributed by atoms with E-state index in [-0.39, 0.29) is 16.9 Å². The van der Waals surface area contributed by atoms with Gasteiger partial charge in [-0.05, 0) is 49.2 Å². The molecule has 33 heavy (non-hydrogen) atoms. The third-order valence-electron chi connectivity index (χ3n) is 5.23. The van der Waals surface area contributed by atoms with E-state index in [4.69, 9.17) is 9.15 Å². The van der Waals surface area contributed by atoms with Gasteiger partial charge in [-0.3, -0.25) is 19.7 Å². The van der Waals surface area contributed by atoms with E-state index in [0.717, 1.165) is 11.1 Å². The fourth-order valence-electron chi connectivity index (χ4n) is 3.63. The van der Waals surface area contributed by atoms with Crippen molar-refractivity contribution in [3.63, 3.8) is 0 Å². The number of ether oxygens (including phenoxy) is 1. The van der Waals surface area contributed by atoms with Gasteiger partial charge in [0.2, 0.25) is 0 Å². The second kappa shape index (κ2) is 8.58. The summed E-state index contributed by atoms with van der Waals surface area (Å²) in [6, 6.07) is 15.7. The van der Waals surface area contributed by atoms with Crippen molar-refractivity contribution in [3.05, 3.63) is 97.7 Å². The maximum absolute atomic E-state index is 12.7. The zero-order valence-electron chi connectivity index (χ0n) is 18.2. The van der Waals surface area contributed by atoms with Crippen LogP contribution in [0.2, 0.25) is 0 Å². The van der Waals surface area contributed by atoms with E-state index in [9.17, 15) is 19.7 Å². The Morgan fingerprint density at radius 1 is 1.03 bits per heavy atom. The van der Waals surface area contributed by atoms with Gasteiger partial charge < -0.3 is 14.5 Å². The fraction of sp³-hybridized carbons (Fsp3) is 0.120. The van der Waals surface area contributed by atoms with Gasteiger partial charge in [-0.1, -0.05) is 18.2 Å². The van der Waals surface area contributed by atoms with E-state index in [0.29, 0.717) is 33.5 Å². The Labute approximate surface area is 188 Å². The molecule has 0 aliphatic rings. The highest BCUT2D eigenvalue weighted by atomic mass is 16.6. The number of amides is 1. The minimum Gasteiger partial charge on any atom is -0.494 e. The lowest BCUT2D eigenvalue weighted by atomic mass is 10.1. The Morgan fingerprint density at radius 2 is 1.76 bits per heavy atom. The Balaban J connectivity index is 1.61. The maximum Gasteiger partial charge on any atom is 0.273 e. The highest BCUT2D eigenvalue weighted by Gasteiger charge is 2.15. The van der Waals surface area contributed by atoms with Crippen LogP contribution >= 0.6 is 0 Å². The smallest absolute Gasteiger partial charge is 0.273 e. The van der Waals surface area contributed by atoms with E-state index >= 15 is 0 Å². The van der Waals surface area contributed by atoms with Crippen molar-refractivity contribution in [1.82, 2.24) is 0 Å². The first kappa shape index (κ1) is 21.8. The van der Waals surface area contributed by atoms with E-state index in [1.807, 2.05) is 19.9 Å². The molecule has 4 aromatic rings. The number of non-ortho nitro benzene ring substituents is 1. The Hall–Kier alpha value is -4.46. The van der Waals surface area contributed by atoms with E-state index in [1.165, 1.54) is 31.4 Å². The average Bonchev–Trinajstić information content (AvgIpc) is 2.79. The molecule has 0 radical (unpaired) electrons. The van der Waals surface area contributed by atoms with Crippen LogP contribution in [0.3, 0.4) is 0 Å². The summed E-state index contributed by atoms with van der Waals surface area (Å²) in [5.41, 5.74) is 3.44. The van der Waals surface area contributed by atoms with Gasteiger partial charge in [0.25, 0.3) is 11.6 Å². The van der Waals surface area contributed by atoms with Crippen LogP contribution in [0.4, 0.5) is 11.4 Å². The van der Waals surface area contributed by atoms with Gasteiger partial charge in [-0.25, -0.2) is 0 Å². The fourth-order valence-corrected chi connectivity index (χ4v) is 3.63. The lowest BCUT2D eigenvalue weighted by Gasteiger charge is -2.10. The summed E-state index contributed by atoms with van der Waals surface area (Å²) in [6.07, 6.45) is 0. The summed E-state index contributed by atoms with van der Waals surface area (Å²) < 4.78 is 11.2. The van der Waals surface area contributed by atoms with Crippen LogP contribution in [0.1, 0.15) is 21.5 Å². The van der Waals surface area contributed by atoms with Crippen LogP contribution in [0, 0.1) is 24.0 Å². The Bertz CT molecular complexity index is 1450. The highest BCUT2D eigenvalue weighted by Crippen LogP contribution is 2.30. The molecule has 0 spiro atoms. The molecule has 166 valence electrons. The summed E-state index contributed by atoms with van der Waals surface area (Å²) >= 11 is 0. The second-order valence-corrected chi connectivity index (χ2v) is 7.61. The standard InChI is InChI=1S/C25H20N2O6/c1-14-10-15(2)24-19(11-14)21(28)13-22(33-24)16-4-6-17(7-5-16)25(29)26-20-9-8-18(27(30)31)12-23(20)32-3/h4-13H,1-3H3,(H,26,29). The monoisotopic (exact) mass is 444 g/mol. The molecule has 1 heterocycles. The number of aryl methyl sites for hydroxylation is 2. The van der Waals surface area contributed by atoms with Gasteiger partial charge in [0.15, 0.2) is 5.43 Å². The van der Waals surface area contributed by atoms with Crippen molar-refractivity contribution >= 4 is 28.3 Å². The number of carbonyl (C=O) groups is 1. The predicted octanol–water partition coefficient (Wildman–Crippen LogP) is 5.25. The van der Waals surface area contributed by atoms with E-state index in [2.05, 4.69) is 5.32 Å². The molecule has 0 fully saturated rings. The first-order chi connectivity index (χ1) is 15.8. The predicted molar refractivity (Wildman–Crippen MR) is 125 cm³/mol. The van der Waals surface area contributed by atoms with Crippen molar-refractivity contribution in [2.45, 2.75) is 13.8 Å². The van der Waals surface area contributed by atoms with Crippen LogP contribution in [0.25, 0.3) is 22.3 Å². The topological polar surface area (TPSA) is 112 Å². The molecule has 0 atom stereocenters. The molecular weight excluding hydrogens is 424 g/mol. The number of hydrogen-bond donors (Lipinski definition) is 1. The number of benzene rings is 3. The van der Waals surface area contributed by atoms with Crippen molar-refractivity contribution in [1.29, 1.82) is 0 Å². The first-order valence-corrected chi connectivity index (χ1v) is 10.1. The molecule has 8 heteroatoms. The van der Waals surface area contributed by atoms with Gasteiger partial charge in [0.1, 0.15) is 17.1 Å². The average molecular weight is 444 g/mol. The number of nitro benzene ring substituents is 1. The molecule has 3 aromatic carbocycles. The van der Waals surface area contributed by atoms with Gasteiger partial charge in [-0.2, -0.15) is 0 Å². The molecule has 8 nitrogen and oxygen atoms in total. The molecule has 0 unspecified atom stereocenters. The summed E-state index contributed by atoms with van der Waals surface area (Å²) in [4.78, 5) is 35.7. The normalized spacial score (nSPS) is 10.8. The molecule has 1 N–H and O–H groups in total. The minimum atomic E-state index is -0.541. The number of carbonyl (C=O) groups excluding carboxylic acids is 1.